The van der Waals surface area contributed by atoms with Gasteiger partial charge in [0.25, 0.3) is 0 Å². The molecule has 0 atom stereocenters. The molecule has 1 aliphatic rings. The Balaban J connectivity index is 1.74. The van der Waals surface area contributed by atoms with Gasteiger partial charge in [0.1, 0.15) is 5.75 Å². The highest BCUT2D eigenvalue weighted by molar-refractivity contribution is 5.90. The van der Waals surface area contributed by atoms with Gasteiger partial charge in [0.15, 0.2) is 0 Å². The molecule has 0 aliphatic carbocycles. The second-order valence-electron chi connectivity index (χ2n) is 5.18. The zero-order chi connectivity index (χ0) is 15.1. The van der Waals surface area contributed by atoms with Crippen LogP contribution in [0.1, 0.15) is 25.7 Å². The lowest BCUT2D eigenvalue weighted by molar-refractivity contribution is -0.116. The van der Waals surface area contributed by atoms with E-state index in [1.165, 1.54) is 12.1 Å². The Bertz CT molecular complexity index is 445. The van der Waals surface area contributed by atoms with Gasteiger partial charge in [-0.2, -0.15) is 8.78 Å². The van der Waals surface area contributed by atoms with Crippen molar-refractivity contribution in [2.75, 3.05) is 18.4 Å². The lowest BCUT2D eigenvalue weighted by atomic mass is 9.93. The largest absolute Gasteiger partial charge is 0.435 e. The molecule has 6 heteroatoms. The molecule has 4 nitrogen and oxygen atoms in total. The first-order valence-electron chi connectivity index (χ1n) is 7.19. The minimum Gasteiger partial charge on any atom is -0.435 e. The number of amides is 1. The van der Waals surface area contributed by atoms with Gasteiger partial charge in [0.05, 0.1) is 0 Å². The topological polar surface area (TPSA) is 50.4 Å². The summed E-state index contributed by atoms with van der Waals surface area (Å²) in [6.45, 7) is -0.786. The summed E-state index contributed by atoms with van der Waals surface area (Å²) in [4.78, 5) is 11.8. The van der Waals surface area contributed by atoms with E-state index in [-0.39, 0.29) is 11.7 Å². The molecule has 116 valence electrons. The van der Waals surface area contributed by atoms with Crippen molar-refractivity contribution >= 4 is 11.6 Å². The van der Waals surface area contributed by atoms with Gasteiger partial charge in [-0.3, -0.25) is 4.79 Å². The summed E-state index contributed by atoms with van der Waals surface area (Å²) in [5, 5.41) is 6.06. The Kier molecular flexibility index (Phi) is 5.92. The Labute approximate surface area is 122 Å². The Morgan fingerprint density at radius 2 is 1.95 bits per heavy atom. The zero-order valence-corrected chi connectivity index (χ0v) is 11.8. The fourth-order valence-corrected chi connectivity index (χ4v) is 2.45. The quantitative estimate of drug-likeness (QED) is 0.849. The third kappa shape index (κ3) is 5.67. The number of alkyl halides is 2. The number of carbonyl (C=O) groups excluding carboxylic acids is 1. The third-order valence-electron chi connectivity index (χ3n) is 3.60. The van der Waals surface area contributed by atoms with Crippen LogP contribution in [-0.4, -0.2) is 25.6 Å². The molecule has 0 radical (unpaired) electrons. The van der Waals surface area contributed by atoms with E-state index in [9.17, 15) is 13.6 Å². The van der Waals surface area contributed by atoms with Crippen molar-refractivity contribution in [3.63, 3.8) is 0 Å². The molecule has 21 heavy (non-hydrogen) atoms. The van der Waals surface area contributed by atoms with Gasteiger partial charge in [0, 0.05) is 12.1 Å². The molecule has 0 spiro atoms. The Morgan fingerprint density at radius 1 is 1.29 bits per heavy atom. The standard InChI is InChI=1S/C15H20F2N2O2/c16-15(17)21-13-4-2-12(3-5-13)19-14(20)6-1-11-7-9-18-10-8-11/h2-5,11,15,18H,1,6-10H2,(H,19,20). The predicted octanol–water partition coefficient (Wildman–Crippen LogP) is 3.01. The van der Waals surface area contributed by atoms with Gasteiger partial charge in [0.2, 0.25) is 5.91 Å². The van der Waals surface area contributed by atoms with Crippen LogP contribution in [0.4, 0.5) is 14.5 Å². The minimum atomic E-state index is -2.84. The van der Waals surface area contributed by atoms with E-state index >= 15 is 0 Å². The first kappa shape index (κ1) is 15.7. The van der Waals surface area contributed by atoms with Crippen molar-refractivity contribution in [2.45, 2.75) is 32.3 Å². The van der Waals surface area contributed by atoms with Gasteiger partial charge in [-0.1, -0.05) is 0 Å². The van der Waals surface area contributed by atoms with Crippen LogP contribution in [0, 0.1) is 5.92 Å². The molecule has 0 bridgehead atoms. The van der Waals surface area contributed by atoms with Gasteiger partial charge in [-0.15, -0.1) is 0 Å². The molecule has 1 aromatic carbocycles. The number of hydrogen-bond donors (Lipinski definition) is 2. The van der Waals surface area contributed by atoms with Crippen molar-refractivity contribution in [1.29, 1.82) is 0 Å². The minimum absolute atomic E-state index is 0.0453. The fraction of sp³-hybridized carbons (Fsp3) is 0.533. The van der Waals surface area contributed by atoms with Gasteiger partial charge in [-0.25, -0.2) is 0 Å². The Hall–Kier alpha value is -1.69. The number of piperidine rings is 1. The number of benzene rings is 1. The molecule has 1 saturated heterocycles. The van der Waals surface area contributed by atoms with Crippen LogP contribution in [0.15, 0.2) is 24.3 Å². The van der Waals surface area contributed by atoms with Crippen LogP contribution in [-0.2, 0) is 4.79 Å². The first-order valence-corrected chi connectivity index (χ1v) is 7.19. The maximum absolute atomic E-state index is 12.0. The highest BCUT2D eigenvalue weighted by Gasteiger charge is 2.14. The second kappa shape index (κ2) is 7.93. The molecule has 2 N–H and O–H groups in total. The first-order chi connectivity index (χ1) is 10.1. The Morgan fingerprint density at radius 3 is 2.57 bits per heavy atom. The van der Waals surface area contributed by atoms with Crippen molar-refractivity contribution in [2.24, 2.45) is 5.92 Å². The van der Waals surface area contributed by atoms with Crippen LogP contribution in [0.25, 0.3) is 0 Å². The molecule has 1 aliphatic heterocycles. The average Bonchev–Trinajstić information content (AvgIpc) is 2.48. The second-order valence-corrected chi connectivity index (χ2v) is 5.18. The van der Waals surface area contributed by atoms with E-state index in [0.717, 1.165) is 32.4 Å². The molecule has 1 fully saturated rings. The normalized spacial score (nSPS) is 16.0. The van der Waals surface area contributed by atoms with Crippen LogP contribution in [0.3, 0.4) is 0 Å². The van der Waals surface area contributed by atoms with E-state index in [4.69, 9.17) is 0 Å². The van der Waals surface area contributed by atoms with Crippen molar-refractivity contribution < 1.29 is 18.3 Å². The van der Waals surface area contributed by atoms with E-state index in [1.54, 1.807) is 12.1 Å². The average molecular weight is 298 g/mol. The lowest BCUT2D eigenvalue weighted by Crippen LogP contribution is -2.28. The van der Waals surface area contributed by atoms with Crippen molar-refractivity contribution in [3.05, 3.63) is 24.3 Å². The summed E-state index contributed by atoms with van der Waals surface area (Å²) < 4.78 is 28.3. The summed E-state index contributed by atoms with van der Waals surface area (Å²) in [7, 11) is 0. The number of rotatable bonds is 6. The SMILES string of the molecule is O=C(CCC1CCNCC1)Nc1ccc(OC(F)F)cc1. The maximum atomic E-state index is 12.0. The monoisotopic (exact) mass is 298 g/mol. The maximum Gasteiger partial charge on any atom is 0.387 e. The third-order valence-corrected chi connectivity index (χ3v) is 3.60. The fourth-order valence-electron chi connectivity index (χ4n) is 2.45. The molecule has 1 amide bonds. The number of anilines is 1. The molecule has 0 aromatic heterocycles. The molecule has 1 aromatic rings. The van der Waals surface area contributed by atoms with E-state index in [2.05, 4.69) is 15.4 Å². The smallest absolute Gasteiger partial charge is 0.387 e. The van der Waals surface area contributed by atoms with E-state index in [1.807, 2.05) is 0 Å². The molecular weight excluding hydrogens is 278 g/mol. The van der Waals surface area contributed by atoms with Crippen molar-refractivity contribution in [1.82, 2.24) is 5.32 Å². The van der Waals surface area contributed by atoms with Gasteiger partial charge < -0.3 is 15.4 Å². The molecule has 0 saturated carbocycles. The molecule has 0 unspecified atom stereocenters. The number of carbonyl (C=O) groups is 1. The van der Waals surface area contributed by atoms with Crippen LogP contribution in [0.5, 0.6) is 5.75 Å². The van der Waals surface area contributed by atoms with Crippen molar-refractivity contribution in [3.8, 4) is 5.75 Å². The number of hydrogen-bond acceptors (Lipinski definition) is 3. The van der Waals surface area contributed by atoms with Crippen LogP contribution in [0.2, 0.25) is 0 Å². The van der Waals surface area contributed by atoms with Gasteiger partial charge in [-0.05, 0) is 62.5 Å². The van der Waals surface area contributed by atoms with Crippen LogP contribution < -0.4 is 15.4 Å². The highest BCUT2D eigenvalue weighted by Crippen LogP contribution is 2.20. The summed E-state index contributed by atoms with van der Waals surface area (Å²) in [6, 6.07) is 5.93. The highest BCUT2D eigenvalue weighted by atomic mass is 19.3. The summed E-state index contributed by atoms with van der Waals surface area (Å²) in [6.07, 6.45) is 3.61. The lowest BCUT2D eigenvalue weighted by Gasteiger charge is -2.22. The number of halogens is 2. The summed E-state index contributed by atoms with van der Waals surface area (Å²) in [5.41, 5.74) is 0.590. The molecule has 1 heterocycles. The van der Waals surface area contributed by atoms with E-state index in [0.29, 0.717) is 18.0 Å². The zero-order valence-electron chi connectivity index (χ0n) is 11.8. The number of nitrogens with one attached hydrogen (secondary N) is 2. The molecule has 2 rings (SSSR count). The predicted molar refractivity (Wildman–Crippen MR) is 76.5 cm³/mol. The summed E-state index contributed by atoms with van der Waals surface area (Å²) >= 11 is 0. The number of ether oxygens (including phenoxy) is 1. The van der Waals surface area contributed by atoms with Crippen LogP contribution >= 0.6 is 0 Å². The summed E-state index contributed by atoms with van der Waals surface area (Å²) in [5.74, 6) is 0.646. The molecular formula is C15H20F2N2O2. The van der Waals surface area contributed by atoms with Gasteiger partial charge >= 0.3 is 6.61 Å². The van der Waals surface area contributed by atoms with E-state index < -0.39 is 6.61 Å².